The van der Waals surface area contributed by atoms with E-state index in [0.717, 1.165) is 5.56 Å². The number of aromatic nitrogens is 1. The molecule has 2 amide bonds. The third kappa shape index (κ3) is 3.02. The number of amides is 2. The van der Waals surface area contributed by atoms with Crippen molar-refractivity contribution in [1.29, 1.82) is 0 Å². The number of fused-ring (bicyclic) bond motifs is 1. The average molecular weight is 343 g/mol. The fourth-order valence-corrected chi connectivity index (χ4v) is 3.08. The first kappa shape index (κ1) is 15.5. The molecule has 1 fully saturated rings. The maximum Gasteiger partial charge on any atom is 0.248 e. The van der Waals surface area contributed by atoms with Crippen LogP contribution in [0.1, 0.15) is 24.2 Å². The van der Waals surface area contributed by atoms with Crippen LogP contribution in [-0.2, 0) is 16.1 Å². The Kier molecular flexibility index (Phi) is 3.79. The Balaban J connectivity index is 1.48. The lowest BCUT2D eigenvalue weighted by atomic mass is 10.1. The van der Waals surface area contributed by atoms with Crippen molar-refractivity contribution in [2.45, 2.75) is 32.4 Å². The lowest BCUT2D eigenvalue weighted by Crippen LogP contribution is -2.41. The lowest BCUT2D eigenvalue weighted by Gasteiger charge is -2.23. The highest BCUT2D eigenvalue weighted by molar-refractivity contribution is 5.98. The van der Waals surface area contributed by atoms with Crippen LogP contribution in [0.15, 0.2) is 28.8 Å². The predicted octanol–water partition coefficient (Wildman–Crippen LogP) is 1.84. The van der Waals surface area contributed by atoms with Gasteiger partial charge in [-0.15, -0.1) is 0 Å². The summed E-state index contributed by atoms with van der Waals surface area (Å²) in [5.41, 5.74) is 0.884. The number of carbonyl (C=O) groups excluding carboxylic acids is 2. The van der Waals surface area contributed by atoms with E-state index in [1.165, 1.54) is 0 Å². The largest absolute Gasteiger partial charge is 0.454 e. The predicted molar refractivity (Wildman–Crippen MR) is 86.0 cm³/mol. The zero-order valence-corrected chi connectivity index (χ0v) is 13.7. The summed E-state index contributed by atoms with van der Waals surface area (Å²) >= 11 is 0. The number of rotatable bonds is 4. The maximum atomic E-state index is 12.5. The number of carbonyl (C=O) groups is 2. The molecule has 2 aromatic rings. The van der Waals surface area contributed by atoms with E-state index in [-0.39, 0.29) is 18.6 Å². The second kappa shape index (κ2) is 6.12. The number of hydrogen-bond acceptors (Lipinski definition) is 6. The molecule has 25 heavy (non-hydrogen) atoms. The van der Waals surface area contributed by atoms with Crippen LogP contribution in [0.2, 0.25) is 0 Å². The third-order valence-corrected chi connectivity index (χ3v) is 4.30. The van der Waals surface area contributed by atoms with E-state index in [4.69, 9.17) is 14.0 Å². The van der Waals surface area contributed by atoms with Gasteiger partial charge in [-0.1, -0.05) is 11.2 Å². The first-order valence-electron chi connectivity index (χ1n) is 8.02. The smallest absolute Gasteiger partial charge is 0.248 e. The van der Waals surface area contributed by atoms with Gasteiger partial charge in [0.1, 0.15) is 11.8 Å². The fraction of sp³-hybridized carbons (Fsp3) is 0.353. The third-order valence-electron chi connectivity index (χ3n) is 4.30. The Morgan fingerprint density at radius 3 is 2.96 bits per heavy atom. The van der Waals surface area contributed by atoms with Crippen molar-refractivity contribution < 1.29 is 23.6 Å². The number of hydrogen-bond donors (Lipinski definition) is 1. The molecule has 4 rings (SSSR count). The normalized spacial score (nSPS) is 18.7. The van der Waals surface area contributed by atoms with Gasteiger partial charge in [0.15, 0.2) is 17.3 Å². The molecule has 1 atom stereocenters. The van der Waals surface area contributed by atoms with E-state index in [2.05, 4.69) is 10.5 Å². The molecule has 1 N–H and O–H groups in total. The molecule has 130 valence electrons. The summed E-state index contributed by atoms with van der Waals surface area (Å²) in [6.07, 6.45) is 0.826. The number of aryl methyl sites for hydroxylation is 1. The van der Waals surface area contributed by atoms with Crippen LogP contribution in [0.5, 0.6) is 11.5 Å². The van der Waals surface area contributed by atoms with Gasteiger partial charge >= 0.3 is 0 Å². The molecule has 1 aromatic carbocycles. The number of anilines is 1. The number of likely N-dealkylation sites (tertiary alicyclic amines) is 1. The second-order valence-corrected chi connectivity index (χ2v) is 6.08. The van der Waals surface area contributed by atoms with Gasteiger partial charge in [0, 0.05) is 19.0 Å². The molecule has 1 unspecified atom stereocenters. The zero-order valence-electron chi connectivity index (χ0n) is 13.7. The van der Waals surface area contributed by atoms with Crippen LogP contribution < -0.4 is 14.8 Å². The molecule has 8 heteroatoms. The first-order valence-corrected chi connectivity index (χ1v) is 8.02. The van der Waals surface area contributed by atoms with Gasteiger partial charge in [-0.25, -0.2) is 0 Å². The number of benzene rings is 1. The van der Waals surface area contributed by atoms with Crippen LogP contribution in [0.25, 0.3) is 0 Å². The second-order valence-electron chi connectivity index (χ2n) is 6.08. The number of ether oxygens (including phenoxy) is 2. The van der Waals surface area contributed by atoms with Crippen molar-refractivity contribution in [3.05, 3.63) is 35.6 Å². The Bertz CT molecular complexity index is 831. The minimum atomic E-state index is -0.532. The van der Waals surface area contributed by atoms with Crippen molar-refractivity contribution in [3.8, 4) is 11.5 Å². The number of nitrogens with one attached hydrogen (secondary N) is 1. The highest BCUT2D eigenvalue weighted by Gasteiger charge is 2.36. The zero-order chi connectivity index (χ0) is 17.4. The van der Waals surface area contributed by atoms with Crippen LogP contribution in [0.4, 0.5) is 5.82 Å². The highest BCUT2D eigenvalue weighted by Crippen LogP contribution is 2.33. The first-order chi connectivity index (χ1) is 12.1. The summed E-state index contributed by atoms with van der Waals surface area (Å²) in [7, 11) is 0. The van der Waals surface area contributed by atoms with Crippen LogP contribution >= 0.6 is 0 Å². The van der Waals surface area contributed by atoms with Crippen molar-refractivity contribution in [2.75, 3.05) is 12.1 Å². The molecular formula is C17H17N3O5. The standard InChI is InChI=1S/C17H17N3O5/c1-10-6-15(19-25-10)18-17(22)12-3-5-16(21)20(12)8-11-2-4-13-14(7-11)24-9-23-13/h2,4,6-7,12H,3,5,8-9H2,1H3,(H,18,19,22). The summed E-state index contributed by atoms with van der Waals surface area (Å²) in [6, 6.07) is 6.62. The van der Waals surface area contributed by atoms with Gasteiger partial charge in [-0.3, -0.25) is 9.59 Å². The van der Waals surface area contributed by atoms with E-state index >= 15 is 0 Å². The Morgan fingerprint density at radius 1 is 1.32 bits per heavy atom. The molecule has 1 saturated heterocycles. The van der Waals surface area contributed by atoms with Crippen molar-refractivity contribution in [2.24, 2.45) is 0 Å². The topological polar surface area (TPSA) is 93.9 Å². The molecule has 3 heterocycles. The fourth-order valence-electron chi connectivity index (χ4n) is 3.08. The molecule has 2 aliphatic heterocycles. The highest BCUT2D eigenvalue weighted by atomic mass is 16.7. The van der Waals surface area contributed by atoms with E-state index in [0.29, 0.717) is 42.5 Å². The quantitative estimate of drug-likeness (QED) is 0.910. The summed E-state index contributed by atoms with van der Waals surface area (Å²) in [5.74, 6) is 1.99. The maximum absolute atomic E-state index is 12.5. The van der Waals surface area contributed by atoms with E-state index < -0.39 is 6.04 Å². The molecule has 0 radical (unpaired) electrons. The lowest BCUT2D eigenvalue weighted by molar-refractivity contribution is -0.133. The van der Waals surface area contributed by atoms with Gasteiger partial charge in [0.05, 0.1) is 0 Å². The summed E-state index contributed by atoms with van der Waals surface area (Å²) in [4.78, 5) is 26.3. The van der Waals surface area contributed by atoms with Gasteiger partial charge in [-0.2, -0.15) is 0 Å². The van der Waals surface area contributed by atoms with E-state index in [1.54, 1.807) is 17.9 Å². The Morgan fingerprint density at radius 2 is 2.16 bits per heavy atom. The molecule has 8 nitrogen and oxygen atoms in total. The van der Waals surface area contributed by atoms with Crippen molar-refractivity contribution in [1.82, 2.24) is 10.1 Å². The Labute approximate surface area is 143 Å². The Hall–Kier alpha value is -3.03. The molecule has 2 aliphatic rings. The van der Waals surface area contributed by atoms with Crippen LogP contribution in [0, 0.1) is 6.92 Å². The van der Waals surface area contributed by atoms with Gasteiger partial charge in [0.2, 0.25) is 18.6 Å². The monoisotopic (exact) mass is 343 g/mol. The van der Waals surface area contributed by atoms with Crippen molar-refractivity contribution >= 4 is 17.6 Å². The minimum absolute atomic E-state index is 0.0471. The average Bonchev–Trinajstić information content (AvgIpc) is 3.29. The molecule has 0 aliphatic carbocycles. The SMILES string of the molecule is Cc1cc(NC(=O)C2CCC(=O)N2Cc2ccc3c(c2)OCO3)no1. The van der Waals surface area contributed by atoms with Crippen molar-refractivity contribution in [3.63, 3.8) is 0 Å². The van der Waals surface area contributed by atoms with E-state index in [9.17, 15) is 9.59 Å². The molecular weight excluding hydrogens is 326 g/mol. The van der Waals surface area contributed by atoms with Gasteiger partial charge in [-0.05, 0) is 31.0 Å². The summed E-state index contributed by atoms with van der Waals surface area (Å²) < 4.78 is 15.6. The van der Waals surface area contributed by atoms with Gasteiger partial charge < -0.3 is 24.2 Å². The van der Waals surface area contributed by atoms with Crippen LogP contribution in [0.3, 0.4) is 0 Å². The molecule has 1 aromatic heterocycles. The number of nitrogens with zero attached hydrogens (tertiary/aromatic N) is 2. The molecule has 0 saturated carbocycles. The van der Waals surface area contributed by atoms with Crippen LogP contribution in [-0.4, -0.2) is 34.7 Å². The minimum Gasteiger partial charge on any atom is -0.454 e. The van der Waals surface area contributed by atoms with Gasteiger partial charge in [0.25, 0.3) is 0 Å². The summed E-state index contributed by atoms with van der Waals surface area (Å²) in [5, 5.41) is 6.45. The summed E-state index contributed by atoms with van der Waals surface area (Å²) in [6.45, 7) is 2.28. The molecule has 0 spiro atoms. The van der Waals surface area contributed by atoms with E-state index in [1.807, 2.05) is 18.2 Å². The molecule has 0 bridgehead atoms.